The third kappa shape index (κ3) is 2.97. The van der Waals surface area contributed by atoms with Crippen molar-refractivity contribution in [1.82, 2.24) is 5.32 Å². The van der Waals surface area contributed by atoms with Crippen LogP contribution in [-0.2, 0) is 5.60 Å². The Kier molecular flexibility index (Phi) is 3.77. The quantitative estimate of drug-likeness (QED) is 0.802. The van der Waals surface area contributed by atoms with Crippen LogP contribution in [0.3, 0.4) is 0 Å². The molecule has 1 atom stereocenters. The van der Waals surface area contributed by atoms with Gasteiger partial charge in [-0.05, 0) is 19.5 Å². The molecule has 15 heavy (non-hydrogen) atoms. The van der Waals surface area contributed by atoms with E-state index >= 15 is 0 Å². The molecule has 84 valence electrons. The lowest BCUT2D eigenvalue weighted by Gasteiger charge is -2.24. The first-order valence-corrected chi connectivity index (χ1v) is 4.86. The molecular weight excluding hydrogens is 200 g/mol. The van der Waals surface area contributed by atoms with Crippen molar-refractivity contribution >= 4 is 0 Å². The minimum atomic E-state index is -1.33. The summed E-state index contributed by atoms with van der Waals surface area (Å²) in [6.45, 7) is 4.29. The molecule has 0 spiro atoms. The Labute approximate surface area is 87.9 Å². The lowest BCUT2D eigenvalue weighted by Crippen LogP contribution is -2.36. The minimum absolute atomic E-state index is 0.102. The first-order valence-electron chi connectivity index (χ1n) is 4.86. The van der Waals surface area contributed by atoms with Crippen molar-refractivity contribution in [3.05, 3.63) is 35.4 Å². The van der Waals surface area contributed by atoms with Crippen molar-refractivity contribution in [3.8, 4) is 0 Å². The van der Waals surface area contributed by atoms with E-state index in [0.29, 0.717) is 6.54 Å². The van der Waals surface area contributed by atoms with E-state index in [2.05, 4.69) is 5.32 Å². The van der Waals surface area contributed by atoms with Gasteiger partial charge >= 0.3 is 0 Å². The molecule has 1 unspecified atom stereocenters. The first kappa shape index (κ1) is 12.1. The van der Waals surface area contributed by atoms with E-state index in [1.54, 1.807) is 0 Å². The monoisotopic (exact) mass is 215 g/mol. The number of hydrogen-bond donors (Lipinski definition) is 2. The highest BCUT2D eigenvalue weighted by Crippen LogP contribution is 2.23. The Morgan fingerprint density at radius 2 is 2.07 bits per heavy atom. The molecule has 0 aliphatic heterocycles. The minimum Gasteiger partial charge on any atom is -0.384 e. The largest absolute Gasteiger partial charge is 0.384 e. The van der Waals surface area contributed by atoms with Crippen molar-refractivity contribution in [2.75, 3.05) is 13.1 Å². The Morgan fingerprint density at radius 1 is 1.40 bits per heavy atom. The average Bonchev–Trinajstić information content (AvgIpc) is 2.14. The molecule has 0 aromatic heterocycles. The van der Waals surface area contributed by atoms with E-state index in [9.17, 15) is 13.9 Å². The topological polar surface area (TPSA) is 32.3 Å². The number of rotatable bonds is 4. The van der Waals surface area contributed by atoms with Gasteiger partial charge in [0, 0.05) is 18.2 Å². The molecule has 1 aromatic rings. The molecular formula is C11H15F2NO. The Balaban J connectivity index is 2.93. The predicted octanol–water partition coefficient (Wildman–Crippen LogP) is 1.78. The number of likely N-dealkylation sites (N-methyl/N-ethyl adjacent to an activating group) is 1. The molecule has 0 radical (unpaired) electrons. The van der Waals surface area contributed by atoms with E-state index in [1.807, 2.05) is 6.92 Å². The zero-order chi connectivity index (χ0) is 11.5. The molecule has 0 saturated heterocycles. The second-order valence-corrected chi connectivity index (χ2v) is 3.68. The Morgan fingerprint density at radius 3 is 2.60 bits per heavy atom. The fraction of sp³-hybridized carbons (Fsp3) is 0.455. The molecule has 1 aromatic carbocycles. The van der Waals surface area contributed by atoms with Gasteiger partial charge < -0.3 is 10.4 Å². The van der Waals surface area contributed by atoms with Crippen LogP contribution in [0.25, 0.3) is 0 Å². The van der Waals surface area contributed by atoms with Crippen molar-refractivity contribution < 1.29 is 13.9 Å². The lowest BCUT2D eigenvalue weighted by atomic mass is 9.95. The number of hydrogen-bond acceptors (Lipinski definition) is 2. The van der Waals surface area contributed by atoms with E-state index in [1.165, 1.54) is 13.0 Å². The van der Waals surface area contributed by atoms with E-state index in [4.69, 9.17) is 0 Å². The second kappa shape index (κ2) is 4.68. The fourth-order valence-corrected chi connectivity index (χ4v) is 1.39. The van der Waals surface area contributed by atoms with E-state index in [-0.39, 0.29) is 12.1 Å². The SMILES string of the molecule is CCNCC(C)(O)c1ccc(F)cc1F. The molecule has 0 aliphatic rings. The van der Waals surface area contributed by atoms with Gasteiger partial charge in [0.2, 0.25) is 0 Å². The first-order chi connectivity index (χ1) is 6.97. The van der Waals surface area contributed by atoms with Crippen LogP contribution >= 0.6 is 0 Å². The van der Waals surface area contributed by atoms with Crippen LogP contribution in [0.1, 0.15) is 19.4 Å². The van der Waals surface area contributed by atoms with Gasteiger partial charge in [-0.25, -0.2) is 8.78 Å². The molecule has 0 fully saturated rings. The van der Waals surface area contributed by atoms with Crippen LogP contribution in [0, 0.1) is 11.6 Å². The molecule has 0 amide bonds. The summed E-state index contributed by atoms with van der Waals surface area (Å²) in [5, 5.41) is 12.9. The molecule has 1 rings (SSSR count). The van der Waals surface area contributed by atoms with Crippen molar-refractivity contribution in [1.29, 1.82) is 0 Å². The van der Waals surface area contributed by atoms with Crippen LogP contribution in [0.15, 0.2) is 18.2 Å². The van der Waals surface area contributed by atoms with Crippen LogP contribution in [-0.4, -0.2) is 18.2 Å². The van der Waals surface area contributed by atoms with Gasteiger partial charge in [-0.3, -0.25) is 0 Å². The summed E-state index contributed by atoms with van der Waals surface area (Å²) >= 11 is 0. The highest BCUT2D eigenvalue weighted by molar-refractivity contribution is 5.24. The Bertz CT molecular complexity index is 339. The van der Waals surface area contributed by atoms with Gasteiger partial charge in [0.15, 0.2) is 0 Å². The maximum absolute atomic E-state index is 13.3. The molecule has 2 nitrogen and oxygen atoms in total. The van der Waals surface area contributed by atoms with E-state index < -0.39 is 17.2 Å². The molecule has 2 N–H and O–H groups in total. The third-order valence-electron chi connectivity index (χ3n) is 2.23. The maximum Gasteiger partial charge on any atom is 0.132 e. The van der Waals surface area contributed by atoms with Crippen LogP contribution in [0.4, 0.5) is 8.78 Å². The predicted molar refractivity (Wildman–Crippen MR) is 54.5 cm³/mol. The summed E-state index contributed by atoms with van der Waals surface area (Å²) < 4.78 is 26.0. The molecule has 0 saturated carbocycles. The Hall–Kier alpha value is -1.00. The highest BCUT2D eigenvalue weighted by Gasteiger charge is 2.25. The average molecular weight is 215 g/mol. The van der Waals surface area contributed by atoms with Crippen molar-refractivity contribution in [3.63, 3.8) is 0 Å². The van der Waals surface area contributed by atoms with Gasteiger partial charge in [-0.2, -0.15) is 0 Å². The molecule has 0 heterocycles. The smallest absolute Gasteiger partial charge is 0.132 e. The number of benzene rings is 1. The van der Waals surface area contributed by atoms with Gasteiger partial charge in [0.1, 0.15) is 17.2 Å². The summed E-state index contributed by atoms with van der Waals surface area (Å²) in [6, 6.07) is 3.18. The maximum atomic E-state index is 13.3. The second-order valence-electron chi connectivity index (χ2n) is 3.68. The third-order valence-corrected chi connectivity index (χ3v) is 2.23. The number of nitrogens with one attached hydrogen (secondary N) is 1. The summed E-state index contributed by atoms with van der Waals surface area (Å²) in [6.07, 6.45) is 0. The summed E-state index contributed by atoms with van der Waals surface area (Å²) in [7, 11) is 0. The molecule has 4 heteroatoms. The van der Waals surface area contributed by atoms with Crippen LogP contribution in [0.2, 0.25) is 0 Å². The standard InChI is InChI=1S/C11H15F2NO/c1-3-14-7-11(2,15)9-5-4-8(12)6-10(9)13/h4-6,14-15H,3,7H2,1-2H3. The van der Waals surface area contributed by atoms with E-state index in [0.717, 1.165) is 12.1 Å². The summed E-state index contributed by atoms with van der Waals surface area (Å²) in [5.74, 6) is -1.37. The molecule has 0 bridgehead atoms. The van der Waals surface area contributed by atoms with Crippen molar-refractivity contribution in [2.45, 2.75) is 19.4 Å². The highest BCUT2D eigenvalue weighted by atomic mass is 19.1. The summed E-state index contributed by atoms with van der Waals surface area (Å²) in [4.78, 5) is 0. The zero-order valence-electron chi connectivity index (χ0n) is 8.85. The number of halogens is 2. The lowest BCUT2D eigenvalue weighted by molar-refractivity contribution is 0.0537. The zero-order valence-corrected chi connectivity index (χ0v) is 8.85. The van der Waals surface area contributed by atoms with Gasteiger partial charge in [-0.1, -0.05) is 13.0 Å². The van der Waals surface area contributed by atoms with Crippen LogP contribution < -0.4 is 5.32 Å². The molecule has 0 aliphatic carbocycles. The fourth-order valence-electron chi connectivity index (χ4n) is 1.39. The van der Waals surface area contributed by atoms with Crippen LogP contribution in [0.5, 0.6) is 0 Å². The van der Waals surface area contributed by atoms with Gasteiger partial charge in [0.25, 0.3) is 0 Å². The number of aliphatic hydroxyl groups is 1. The summed E-state index contributed by atoms with van der Waals surface area (Å²) in [5.41, 5.74) is -1.22. The van der Waals surface area contributed by atoms with Gasteiger partial charge in [-0.15, -0.1) is 0 Å². The normalized spacial score (nSPS) is 15.0. The van der Waals surface area contributed by atoms with Gasteiger partial charge in [0.05, 0.1) is 0 Å². The van der Waals surface area contributed by atoms with Crippen molar-refractivity contribution in [2.24, 2.45) is 0 Å².